The molecule has 0 bridgehead atoms. The van der Waals surface area contributed by atoms with Crippen LogP contribution in [0.3, 0.4) is 0 Å². The van der Waals surface area contributed by atoms with Crippen LogP contribution in [0.2, 0.25) is 0 Å². The van der Waals surface area contributed by atoms with Crippen molar-refractivity contribution in [2.45, 2.75) is 38.3 Å². The van der Waals surface area contributed by atoms with Crippen molar-refractivity contribution in [1.29, 1.82) is 0 Å². The van der Waals surface area contributed by atoms with Gasteiger partial charge in [0.2, 0.25) is 5.91 Å². The number of rotatable bonds is 2. The number of hydrogen-bond donors (Lipinski definition) is 2. The first-order valence-corrected chi connectivity index (χ1v) is 7.83. The first-order valence-electron chi connectivity index (χ1n) is 7.02. The Kier molecular flexibility index (Phi) is 4.03. The molecule has 2 amide bonds. The van der Waals surface area contributed by atoms with Crippen molar-refractivity contribution in [3.8, 4) is 0 Å². The van der Waals surface area contributed by atoms with Crippen LogP contribution >= 0.6 is 11.3 Å². The zero-order valence-corrected chi connectivity index (χ0v) is 12.1. The molecule has 1 aromatic heterocycles. The molecule has 1 fully saturated rings. The van der Waals surface area contributed by atoms with E-state index in [0.717, 1.165) is 31.4 Å². The fraction of sp³-hybridized carbons (Fsp3) is 0.571. The molecule has 0 aromatic carbocycles. The molecule has 5 nitrogen and oxygen atoms in total. The Hall–Kier alpha value is -1.40. The summed E-state index contributed by atoms with van der Waals surface area (Å²) in [7, 11) is 0. The van der Waals surface area contributed by atoms with Crippen LogP contribution < -0.4 is 10.6 Å². The van der Waals surface area contributed by atoms with Gasteiger partial charge in [0.1, 0.15) is 6.04 Å². The van der Waals surface area contributed by atoms with Crippen LogP contribution in [0.25, 0.3) is 0 Å². The van der Waals surface area contributed by atoms with Gasteiger partial charge in [0.25, 0.3) is 5.91 Å². The highest BCUT2D eigenvalue weighted by Gasteiger charge is 2.24. The molecule has 2 aliphatic heterocycles. The molecule has 108 valence electrons. The largest absolute Gasteiger partial charge is 0.376 e. The molecule has 0 radical (unpaired) electrons. The summed E-state index contributed by atoms with van der Waals surface area (Å²) < 4.78 is 5.38. The van der Waals surface area contributed by atoms with Crippen LogP contribution in [-0.2, 0) is 22.6 Å². The molecule has 0 aliphatic carbocycles. The normalized spacial score (nSPS) is 22.6. The summed E-state index contributed by atoms with van der Waals surface area (Å²) in [5, 5.41) is 5.68. The molecule has 1 atom stereocenters. The average molecular weight is 294 g/mol. The van der Waals surface area contributed by atoms with E-state index in [-0.39, 0.29) is 11.8 Å². The van der Waals surface area contributed by atoms with E-state index >= 15 is 0 Å². The van der Waals surface area contributed by atoms with E-state index in [4.69, 9.17) is 4.74 Å². The zero-order valence-electron chi connectivity index (χ0n) is 11.2. The second-order valence-electron chi connectivity index (χ2n) is 5.17. The molecule has 6 heteroatoms. The van der Waals surface area contributed by atoms with Gasteiger partial charge in [-0.2, -0.15) is 0 Å². The van der Waals surface area contributed by atoms with Gasteiger partial charge in [-0.25, -0.2) is 0 Å². The number of nitrogens with one attached hydrogen (secondary N) is 2. The Morgan fingerprint density at radius 1 is 1.45 bits per heavy atom. The number of thiophene rings is 1. The molecule has 20 heavy (non-hydrogen) atoms. The van der Waals surface area contributed by atoms with Gasteiger partial charge in [-0.15, -0.1) is 11.3 Å². The summed E-state index contributed by atoms with van der Waals surface area (Å²) in [4.78, 5) is 26.0. The predicted molar refractivity (Wildman–Crippen MR) is 75.8 cm³/mol. The lowest BCUT2D eigenvalue weighted by atomic mass is 10.1. The van der Waals surface area contributed by atoms with Crippen molar-refractivity contribution in [2.75, 3.05) is 13.2 Å². The molecule has 0 saturated carbocycles. The van der Waals surface area contributed by atoms with Gasteiger partial charge in [-0.1, -0.05) is 0 Å². The minimum Gasteiger partial charge on any atom is -0.376 e. The standard InChI is InChI=1S/C14H18N2O3S/c17-13-10(3-1-2-5-15-13)16-14(18)12-7-9-8-19-6-4-11(9)20-12/h7,10H,1-6,8H2,(H,15,17)(H,16,18). The highest BCUT2D eigenvalue weighted by atomic mass is 32.1. The lowest BCUT2D eigenvalue weighted by Gasteiger charge is -2.14. The highest BCUT2D eigenvalue weighted by Crippen LogP contribution is 2.27. The predicted octanol–water partition coefficient (Wildman–Crippen LogP) is 1.22. The third-order valence-electron chi connectivity index (χ3n) is 3.69. The van der Waals surface area contributed by atoms with Gasteiger partial charge in [0, 0.05) is 17.8 Å². The topological polar surface area (TPSA) is 67.4 Å². The lowest BCUT2D eigenvalue weighted by Crippen LogP contribution is -2.45. The zero-order chi connectivity index (χ0) is 13.9. The molecule has 2 aliphatic rings. The molecule has 0 spiro atoms. The maximum atomic E-state index is 12.3. The summed E-state index contributed by atoms with van der Waals surface area (Å²) in [5.74, 6) is -0.216. The maximum absolute atomic E-state index is 12.3. The van der Waals surface area contributed by atoms with Crippen LogP contribution in [0.15, 0.2) is 6.07 Å². The van der Waals surface area contributed by atoms with Gasteiger partial charge in [0.05, 0.1) is 18.1 Å². The third-order valence-corrected chi connectivity index (χ3v) is 4.93. The van der Waals surface area contributed by atoms with Crippen LogP contribution in [-0.4, -0.2) is 31.0 Å². The fourth-order valence-electron chi connectivity index (χ4n) is 2.57. The van der Waals surface area contributed by atoms with Crippen LogP contribution in [0.1, 0.15) is 39.4 Å². The molecule has 1 unspecified atom stereocenters. The molecule has 3 heterocycles. The molecule has 2 N–H and O–H groups in total. The first kappa shape index (κ1) is 13.6. The fourth-order valence-corrected chi connectivity index (χ4v) is 3.62. The molecular weight excluding hydrogens is 276 g/mol. The number of carbonyl (C=O) groups is 2. The minimum absolute atomic E-state index is 0.0690. The number of hydrogen-bond acceptors (Lipinski definition) is 4. The molecule has 3 rings (SSSR count). The smallest absolute Gasteiger partial charge is 0.262 e. The van der Waals surface area contributed by atoms with E-state index in [2.05, 4.69) is 10.6 Å². The van der Waals surface area contributed by atoms with Crippen molar-refractivity contribution in [3.63, 3.8) is 0 Å². The van der Waals surface area contributed by atoms with Crippen LogP contribution in [0, 0.1) is 0 Å². The van der Waals surface area contributed by atoms with Crippen LogP contribution in [0.5, 0.6) is 0 Å². The van der Waals surface area contributed by atoms with E-state index < -0.39 is 6.04 Å². The third kappa shape index (κ3) is 2.86. The van der Waals surface area contributed by atoms with Crippen molar-refractivity contribution in [1.82, 2.24) is 10.6 Å². The summed E-state index contributed by atoms with van der Waals surface area (Å²) >= 11 is 1.51. The van der Waals surface area contributed by atoms with E-state index in [1.165, 1.54) is 16.2 Å². The summed E-state index contributed by atoms with van der Waals surface area (Å²) in [6.45, 7) is 2.01. The Balaban J connectivity index is 1.69. The average Bonchev–Trinajstić information content (AvgIpc) is 2.79. The number of amides is 2. The van der Waals surface area contributed by atoms with Gasteiger partial charge < -0.3 is 15.4 Å². The van der Waals surface area contributed by atoms with Gasteiger partial charge in [-0.3, -0.25) is 9.59 Å². The monoisotopic (exact) mass is 294 g/mol. The maximum Gasteiger partial charge on any atom is 0.262 e. The summed E-state index contributed by atoms with van der Waals surface area (Å²) in [6, 6.07) is 1.49. The Labute approximate surface area is 121 Å². The van der Waals surface area contributed by atoms with Crippen LogP contribution in [0.4, 0.5) is 0 Å². The van der Waals surface area contributed by atoms with E-state index in [1.807, 2.05) is 6.07 Å². The number of fused-ring (bicyclic) bond motifs is 1. The Bertz CT molecular complexity index is 503. The second kappa shape index (κ2) is 5.93. The lowest BCUT2D eigenvalue weighted by molar-refractivity contribution is -0.122. The van der Waals surface area contributed by atoms with Gasteiger partial charge >= 0.3 is 0 Å². The van der Waals surface area contributed by atoms with E-state index in [1.54, 1.807) is 0 Å². The second-order valence-corrected chi connectivity index (χ2v) is 6.31. The van der Waals surface area contributed by atoms with Crippen molar-refractivity contribution in [3.05, 3.63) is 21.4 Å². The van der Waals surface area contributed by atoms with Gasteiger partial charge in [-0.05, 0) is 30.9 Å². The molecule has 1 aromatic rings. The highest BCUT2D eigenvalue weighted by molar-refractivity contribution is 7.14. The number of carbonyl (C=O) groups excluding carboxylic acids is 2. The SMILES string of the molecule is O=C(NC1CCCCNC1=O)c1cc2c(s1)CCOC2. The van der Waals surface area contributed by atoms with E-state index in [9.17, 15) is 9.59 Å². The molecular formula is C14H18N2O3S. The minimum atomic E-state index is -0.402. The molecule has 1 saturated heterocycles. The Morgan fingerprint density at radius 2 is 2.35 bits per heavy atom. The van der Waals surface area contributed by atoms with E-state index in [0.29, 0.717) is 24.4 Å². The van der Waals surface area contributed by atoms with Crippen molar-refractivity contribution in [2.24, 2.45) is 0 Å². The van der Waals surface area contributed by atoms with Crippen molar-refractivity contribution >= 4 is 23.2 Å². The summed E-state index contributed by atoms with van der Waals surface area (Å²) in [6.07, 6.45) is 3.52. The Morgan fingerprint density at radius 3 is 3.20 bits per heavy atom. The quantitative estimate of drug-likeness (QED) is 0.862. The number of ether oxygens (including phenoxy) is 1. The van der Waals surface area contributed by atoms with Crippen molar-refractivity contribution < 1.29 is 14.3 Å². The van der Waals surface area contributed by atoms with Gasteiger partial charge in [0.15, 0.2) is 0 Å². The summed E-state index contributed by atoms with van der Waals surface area (Å²) in [5.41, 5.74) is 1.11. The first-order chi connectivity index (χ1) is 9.74.